The summed E-state index contributed by atoms with van der Waals surface area (Å²) in [6.45, 7) is 4.02. The third kappa shape index (κ3) is 6.92. The Bertz CT molecular complexity index is 1720. The predicted molar refractivity (Wildman–Crippen MR) is 172 cm³/mol. The molecule has 0 aliphatic heterocycles. The highest BCUT2D eigenvalue weighted by Gasteiger charge is 2.28. The number of carbonyl (C=O) groups excluding carboxylic acids is 3. The normalized spacial score (nSPS) is 13.0. The fraction of sp³-hybridized carbons (Fsp3) is 0.294. The molecule has 5 rings (SSSR count). The van der Waals surface area contributed by atoms with Crippen LogP contribution in [0.15, 0.2) is 65.8 Å². The number of thiophene rings is 1. The summed E-state index contributed by atoms with van der Waals surface area (Å²) in [7, 11) is 1.55. The van der Waals surface area contributed by atoms with Crippen LogP contribution in [0.2, 0.25) is 0 Å². The third-order valence-electron chi connectivity index (χ3n) is 7.50. The molecule has 0 spiro atoms. The average molecular weight is 614 g/mol. The molecule has 228 valence electrons. The zero-order valence-electron chi connectivity index (χ0n) is 25.0. The van der Waals surface area contributed by atoms with Gasteiger partial charge in [-0.05, 0) is 79.6 Å². The van der Waals surface area contributed by atoms with E-state index in [1.807, 2.05) is 24.3 Å². The lowest BCUT2D eigenvalue weighted by atomic mass is 10.1. The molecule has 1 aromatic heterocycles. The minimum Gasteiger partial charge on any atom is -0.493 e. The SMILES string of the molecule is CCOC(=O)c1c(NC(=O)C(=O)N/N=C(\C)c2ccc(OCc3cccc4ccccc34)c(OC)c2)sc2c1CCCCC2. The summed E-state index contributed by atoms with van der Waals surface area (Å²) in [5.41, 5.74) is 5.77. The van der Waals surface area contributed by atoms with Crippen LogP contribution in [-0.2, 0) is 33.8 Å². The second-order valence-corrected chi connectivity index (χ2v) is 11.5. The number of methoxy groups -OCH3 is 1. The predicted octanol–water partition coefficient (Wildman–Crippen LogP) is 6.41. The first-order valence-electron chi connectivity index (χ1n) is 14.6. The highest BCUT2D eigenvalue weighted by Crippen LogP contribution is 2.38. The van der Waals surface area contributed by atoms with Crippen molar-refractivity contribution in [2.24, 2.45) is 5.10 Å². The van der Waals surface area contributed by atoms with Gasteiger partial charge < -0.3 is 19.5 Å². The first-order chi connectivity index (χ1) is 21.4. The number of carbonyl (C=O) groups is 3. The van der Waals surface area contributed by atoms with Crippen LogP contribution in [0.3, 0.4) is 0 Å². The Labute approximate surface area is 260 Å². The van der Waals surface area contributed by atoms with Crippen molar-refractivity contribution in [2.45, 2.75) is 52.6 Å². The molecule has 0 radical (unpaired) electrons. The van der Waals surface area contributed by atoms with Gasteiger partial charge in [0.05, 0.1) is 25.0 Å². The lowest BCUT2D eigenvalue weighted by molar-refractivity contribution is -0.136. The Morgan fingerprint density at radius 2 is 1.73 bits per heavy atom. The molecule has 3 aromatic carbocycles. The molecule has 10 heteroatoms. The maximum Gasteiger partial charge on any atom is 0.341 e. The van der Waals surface area contributed by atoms with Crippen LogP contribution >= 0.6 is 11.3 Å². The lowest BCUT2D eigenvalue weighted by Crippen LogP contribution is -2.33. The van der Waals surface area contributed by atoms with Crippen molar-refractivity contribution in [3.8, 4) is 11.5 Å². The van der Waals surface area contributed by atoms with Crippen molar-refractivity contribution < 1.29 is 28.6 Å². The number of hydrazone groups is 1. The van der Waals surface area contributed by atoms with Gasteiger partial charge in [-0.2, -0.15) is 5.10 Å². The van der Waals surface area contributed by atoms with Crippen molar-refractivity contribution in [3.63, 3.8) is 0 Å². The van der Waals surface area contributed by atoms with Crippen molar-refractivity contribution in [1.82, 2.24) is 5.43 Å². The summed E-state index contributed by atoms with van der Waals surface area (Å²) in [4.78, 5) is 39.3. The summed E-state index contributed by atoms with van der Waals surface area (Å²) in [6.07, 6.45) is 4.62. The topological polar surface area (TPSA) is 115 Å². The van der Waals surface area contributed by atoms with E-state index in [-0.39, 0.29) is 6.61 Å². The fourth-order valence-corrected chi connectivity index (χ4v) is 6.52. The first-order valence-corrected chi connectivity index (χ1v) is 15.5. The standard InChI is InChI=1S/C34H35N3O6S/c1-4-42-34(40)30-26-15-6-5-7-16-29(26)44-33(30)35-31(38)32(39)37-36-21(2)23-17-18-27(28(19-23)41-3)43-20-24-13-10-12-22-11-8-9-14-25(22)24/h8-14,17-19H,4-7,15-16,20H2,1-3H3,(H,35,38)(H,37,39)/b36-21+. The number of anilines is 1. The first kappa shape index (κ1) is 30.7. The Morgan fingerprint density at radius 3 is 2.55 bits per heavy atom. The van der Waals surface area contributed by atoms with Gasteiger partial charge in [0.1, 0.15) is 11.6 Å². The molecule has 0 bridgehead atoms. The minimum atomic E-state index is -0.954. The van der Waals surface area contributed by atoms with Crippen molar-refractivity contribution in [1.29, 1.82) is 0 Å². The number of fused-ring (bicyclic) bond motifs is 2. The van der Waals surface area contributed by atoms with Crippen molar-refractivity contribution in [3.05, 3.63) is 87.8 Å². The van der Waals surface area contributed by atoms with Crippen molar-refractivity contribution >= 4 is 50.6 Å². The maximum atomic E-state index is 12.8. The van der Waals surface area contributed by atoms with Crippen LogP contribution in [0.1, 0.15) is 65.0 Å². The summed E-state index contributed by atoms with van der Waals surface area (Å²) in [5.74, 6) is -1.30. The summed E-state index contributed by atoms with van der Waals surface area (Å²) >= 11 is 1.33. The van der Waals surface area contributed by atoms with E-state index in [1.165, 1.54) is 11.3 Å². The number of hydrogen-bond acceptors (Lipinski definition) is 8. The maximum absolute atomic E-state index is 12.8. The van der Waals surface area contributed by atoms with E-state index in [9.17, 15) is 14.4 Å². The average Bonchev–Trinajstić information content (AvgIpc) is 3.21. The highest BCUT2D eigenvalue weighted by atomic mass is 32.1. The Kier molecular flexibility index (Phi) is 9.91. The number of aryl methyl sites for hydroxylation is 1. The van der Waals surface area contributed by atoms with Gasteiger partial charge in [-0.3, -0.25) is 9.59 Å². The second kappa shape index (κ2) is 14.2. The van der Waals surface area contributed by atoms with Gasteiger partial charge in [-0.25, -0.2) is 10.2 Å². The van der Waals surface area contributed by atoms with Gasteiger partial charge >= 0.3 is 17.8 Å². The van der Waals surface area contributed by atoms with Gasteiger partial charge in [0.25, 0.3) is 0 Å². The molecular weight excluding hydrogens is 578 g/mol. The molecule has 2 N–H and O–H groups in total. The second-order valence-electron chi connectivity index (χ2n) is 10.4. The third-order valence-corrected chi connectivity index (χ3v) is 8.71. The molecule has 0 atom stereocenters. The molecule has 9 nitrogen and oxygen atoms in total. The zero-order chi connectivity index (χ0) is 31.1. The number of hydrogen-bond donors (Lipinski definition) is 2. The smallest absolute Gasteiger partial charge is 0.341 e. The van der Waals surface area contributed by atoms with Crippen LogP contribution < -0.4 is 20.2 Å². The van der Waals surface area contributed by atoms with Gasteiger partial charge in [0, 0.05) is 10.4 Å². The molecule has 0 fully saturated rings. The number of nitrogens with zero attached hydrogens (tertiary/aromatic N) is 1. The molecule has 0 unspecified atom stereocenters. The van der Waals surface area contributed by atoms with Crippen LogP contribution in [0.25, 0.3) is 10.8 Å². The zero-order valence-corrected chi connectivity index (χ0v) is 25.8. The largest absolute Gasteiger partial charge is 0.493 e. The molecule has 44 heavy (non-hydrogen) atoms. The minimum absolute atomic E-state index is 0.216. The molecule has 0 saturated carbocycles. The summed E-state index contributed by atoms with van der Waals surface area (Å²) in [6, 6.07) is 19.6. The Balaban J connectivity index is 1.25. The van der Waals surface area contributed by atoms with E-state index in [2.05, 4.69) is 34.0 Å². The molecular formula is C34H35N3O6S. The van der Waals surface area contributed by atoms with E-state index in [0.29, 0.717) is 39.9 Å². The van der Waals surface area contributed by atoms with E-state index in [4.69, 9.17) is 14.2 Å². The van der Waals surface area contributed by atoms with Gasteiger partial charge in [0.15, 0.2) is 11.5 Å². The number of amides is 2. The summed E-state index contributed by atoms with van der Waals surface area (Å²) < 4.78 is 16.9. The van der Waals surface area contributed by atoms with E-state index >= 15 is 0 Å². The van der Waals surface area contributed by atoms with Crippen LogP contribution in [0.5, 0.6) is 11.5 Å². The number of benzene rings is 3. The van der Waals surface area contributed by atoms with Gasteiger partial charge in [-0.15, -0.1) is 11.3 Å². The van der Waals surface area contributed by atoms with Crippen LogP contribution in [0, 0.1) is 0 Å². The lowest BCUT2D eigenvalue weighted by Gasteiger charge is -2.13. The van der Waals surface area contributed by atoms with Crippen LogP contribution in [0.4, 0.5) is 5.00 Å². The fourth-order valence-electron chi connectivity index (χ4n) is 5.25. The summed E-state index contributed by atoms with van der Waals surface area (Å²) in [5, 5.41) is 9.34. The van der Waals surface area contributed by atoms with E-state index in [0.717, 1.165) is 58.9 Å². The van der Waals surface area contributed by atoms with E-state index < -0.39 is 17.8 Å². The molecule has 1 aliphatic rings. The monoisotopic (exact) mass is 613 g/mol. The quantitative estimate of drug-likeness (QED) is 0.0741. The Morgan fingerprint density at radius 1 is 0.932 bits per heavy atom. The van der Waals surface area contributed by atoms with Crippen molar-refractivity contribution in [2.75, 3.05) is 19.0 Å². The number of nitrogens with one attached hydrogen (secondary N) is 2. The molecule has 1 heterocycles. The van der Waals surface area contributed by atoms with Crippen LogP contribution in [-0.4, -0.2) is 37.2 Å². The number of ether oxygens (including phenoxy) is 3. The molecule has 4 aromatic rings. The number of rotatable bonds is 9. The van der Waals surface area contributed by atoms with Gasteiger partial charge in [-0.1, -0.05) is 48.9 Å². The highest BCUT2D eigenvalue weighted by molar-refractivity contribution is 7.17. The molecule has 2 amide bonds. The Hall–Kier alpha value is -4.70. The molecule has 1 aliphatic carbocycles. The van der Waals surface area contributed by atoms with E-state index in [1.54, 1.807) is 39.2 Å². The number of esters is 1. The van der Waals surface area contributed by atoms with Gasteiger partial charge in [0.2, 0.25) is 0 Å². The molecule has 0 saturated heterocycles.